The Hall–Kier alpha value is -9.16. The molecule has 0 spiro atoms. The first kappa shape index (κ1) is 37.9. The zero-order valence-electron chi connectivity index (χ0n) is 41.2. The Kier molecular flexibility index (Phi) is 9.12. The third-order valence-corrected chi connectivity index (χ3v) is 13.3. The highest BCUT2D eigenvalue weighted by molar-refractivity contribution is 5.90. The third kappa shape index (κ3) is 7.24. The van der Waals surface area contributed by atoms with Gasteiger partial charge in [-0.2, -0.15) is 0 Å². The van der Waals surface area contributed by atoms with Crippen LogP contribution >= 0.6 is 0 Å². The molecule has 0 radical (unpaired) electrons. The van der Waals surface area contributed by atoms with E-state index in [1.807, 2.05) is 83.9 Å². The minimum atomic E-state index is -2.33. The van der Waals surface area contributed by atoms with Crippen molar-refractivity contribution in [1.82, 2.24) is 9.97 Å². The molecule has 9 aromatic rings. The summed E-state index contributed by atoms with van der Waals surface area (Å²) in [5, 5.41) is 0. The van der Waals surface area contributed by atoms with Gasteiger partial charge in [0.1, 0.15) is 36.3 Å². The number of nitrogens with zero attached hydrogens (tertiary/aromatic N) is 10. The van der Waals surface area contributed by atoms with Crippen molar-refractivity contribution in [2.24, 2.45) is 0 Å². The number of rotatable bonds is 10. The molecule has 12 heteroatoms. The van der Waals surface area contributed by atoms with Gasteiger partial charge in [-0.1, -0.05) is 48.5 Å². The molecular weight excluding hydrogens is 869 g/mol. The minimum absolute atomic E-state index is 0.149. The molecule has 6 heterocycles. The summed E-state index contributed by atoms with van der Waals surface area (Å²) < 4.78 is 37.4. The minimum Gasteiger partial charge on any atom is -0.457 e. The summed E-state index contributed by atoms with van der Waals surface area (Å²) in [6.45, 7) is -0.239. The lowest BCUT2D eigenvalue weighted by Crippen LogP contribution is -2.25. The lowest BCUT2D eigenvalue weighted by Gasteiger charge is -2.25. The highest BCUT2D eigenvalue weighted by Gasteiger charge is 2.32. The van der Waals surface area contributed by atoms with Gasteiger partial charge < -0.3 is 48.7 Å². The Labute approximate surface area is 411 Å². The SMILES string of the molecule is [2H]C([2H])([2H])N1CN(c2cccc(Oc3cccc(N4CN(c5ccc(N6CN(c7cccc(Oc8cccc(N9CN(C)c%10ncccc%109)c8)c7)c7ccccc76)cc5)c5ccccc54)c3)c2)c2cccnc21. The Balaban J connectivity index is 0.712. The van der Waals surface area contributed by atoms with E-state index in [0.29, 0.717) is 37.3 Å². The van der Waals surface area contributed by atoms with Crippen molar-refractivity contribution >= 4 is 79.9 Å². The summed E-state index contributed by atoms with van der Waals surface area (Å²) >= 11 is 0. The molecule has 0 atom stereocenters. The number of benzene rings is 7. The van der Waals surface area contributed by atoms with Crippen LogP contribution in [0.1, 0.15) is 4.11 Å². The van der Waals surface area contributed by atoms with Crippen molar-refractivity contribution in [2.75, 3.05) is 79.9 Å². The van der Waals surface area contributed by atoms with Gasteiger partial charge in [-0.3, -0.25) is 0 Å². The van der Waals surface area contributed by atoms with Crippen molar-refractivity contribution in [2.45, 2.75) is 0 Å². The molecule has 7 aromatic carbocycles. The van der Waals surface area contributed by atoms with Crippen LogP contribution in [-0.2, 0) is 0 Å². The van der Waals surface area contributed by atoms with E-state index in [-0.39, 0.29) is 6.67 Å². The monoisotopic (exact) mass is 919 g/mol. The Morgan fingerprint density at radius 2 is 0.671 bits per heavy atom. The molecule has 0 fully saturated rings. The van der Waals surface area contributed by atoms with Crippen molar-refractivity contribution in [3.8, 4) is 23.0 Å². The van der Waals surface area contributed by atoms with Crippen molar-refractivity contribution in [3.63, 3.8) is 0 Å². The maximum Gasteiger partial charge on any atom is 0.153 e. The molecule has 342 valence electrons. The maximum atomic E-state index is 8.11. The standard InChI is InChI=1S/C58H48N10O2/c1-61-37-63(55-25-11-31-59-57(55)61)43-13-7-17-47(33-43)69-49-19-9-15-45(35-49)67-39-65(51-21-3-5-23-53(51)67)41-27-29-42(30-28-41)66-40-68(54-24-6-4-22-52(54)66)46-16-10-20-50(36-46)70-48-18-8-14-44(34-48)64-38-62(2)58-56(64)26-12-32-60-58/h3-36H,37-40H2,1-2H3/i1D3. The molecule has 0 bridgehead atoms. The first-order valence-corrected chi connectivity index (χ1v) is 23.3. The smallest absolute Gasteiger partial charge is 0.153 e. The van der Waals surface area contributed by atoms with Crippen LogP contribution in [0.4, 0.5) is 79.9 Å². The summed E-state index contributed by atoms with van der Waals surface area (Å²) in [5.41, 5.74) is 12.3. The number of hydrogen-bond acceptors (Lipinski definition) is 12. The van der Waals surface area contributed by atoms with E-state index in [1.54, 1.807) is 6.20 Å². The normalized spacial score (nSPS) is 15.4. The first-order valence-electron chi connectivity index (χ1n) is 24.8. The third-order valence-electron chi connectivity index (χ3n) is 13.3. The van der Waals surface area contributed by atoms with Crippen LogP contribution in [0.25, 0.3) is 0 Å². The lowest BCUT2D eigenvalue weighted by molar-refractivity contribution is 0.482. The van der Waals surface area contributed by atoms with Crippen LogP contribution < -0.4 is 48.7 Å². The fraction of sp³-hybridized carbons (Fsp3) is 0.103. The van der Waals surface area contributed by atoms with E-state index < -0.39 is 6.98 Å². The van der Waals surface area contributed by atoms with Crippen LogP contribution in [0.3, 0.4) is 0 Å². The Morgan fingerprint density at radius 3 is 1.06 bits per heavy atom. The summed E-state index contributed by atoms with van der Waals surface area (Å²) in [6.07, 6.45) is 3.45. The van der Waals surface area contributed by atoms with Gasteiger partial charge in [0.05, 0.1) is 47.5 Å². The molecule has 0 unspecified atom stereocenters. The molecule has 2 aromatic heterocycles. The van der Waals surface area contributed by atoms with Gasteiger partial charge in [0, 0.05) is 88.9 Å². The molecule has 13 rings (SSSR count). The maximum absolute atomic E-state index is 8.11. The predicted octanol–water partition coefficient (Wildman–Crippen LogP) is 13.6. The van der Waals surface area contributed by atoms with E-state index in [4.69, 9.17) is 13.6 Å². The van der Waals surface area contributed by atoms with Gasteiger partial charge in [0.25, 0.3) is 0 Å². The second-order valence-electron chi connectivity index (χ2n) is 17.6. The number of para-hydroxylation sites is 4. The van der Waals surface area contributed by atoms with Gasteiger partial charge in [-0.05, 0) is 121 Å². The number of hydrogen-bond donors (Lipinski definition) is 0. The summed E-state index contributed by atoms with van der Waals surface area (Å²) in [6, 6.07) is 66.0. The largest absolute Gasteiger partial charge is 0.457 e. The molecular formula is C58H48N10O2. The molecule has 0 saturated heterocycles. The summed E-state index contributed by atoms with van der Waals surface area (Å²) in [5.74, 6) is 4.24. The highest BCUT2D eigenvalue weighted by atomic mass is 16.5. The topological polar surface area (TPSA) is 70.2 Å². The van der Waals surface area contributed by atoms with E-state index in [0.717, 1.165) is 85.6 Å². The Morgan fingerprint density at radius 1 is 0.343 bits per heavy atom. The molecule has 0 saturated carbocycles. The van der Waals surface area contributed by atoms with E-state index in [1.165, 1.54) is 4.90 Å². The van der Waals surface area contributed by atoms with E-state index in [2.05, 4.69) is 168 Å². The zero-order chi connectivity index (χ0) is 49.2. The Bertz CT molecular complexity index is 3540. The fourth-order valence-electron chi connectivity index (χ4n) is 10.0. The second kappa shape index (κ2) is 16.9. The van der Waals surface area contributed by atoms with E-state index in [9.17, 15) is 0 Å². The molecule has 12 nitrogen and oxygen atoms in total. The van der Waals surface area contributed by atoms with Crippen LogP contribution in [0, 0.1) is 0 Å². The van der Waals surface area contributed by atoms with Gasteiger partial charge in [-0.15, -0.1) is 0 Å². The average molecular weight is 920 g/mol. The molecule has 70 heavy (non-hydrogen) atoms. The van der Waals surface area contributed by atoms with Crippen molar-refractivity contribution in [1.29, 1.82) is 0 Å². The first-order chi connectivity index (χ1) is 35.7. The molecule has 4 aliphatic heterocycles. The van der Waals surface area contributed by atoms with Crippen molar-refractivity contribution < 1.29 is 13.6 Å². The van der Waals surface area contributed by atoms with Crippen LogP contribution in [0.15, 0.2) is 207 Å². The van der Waals surface area contributed by atoms with E-state index >= 15 is 0 Å². The van der Waals surface area contributed by atoms with Crippen LogP contribution in [0.2, 0.25) is 0 Å². The number of pyridine rings is 2. The van der Waals surface area contributed by atoms with Gasteiger partial charge >= 0.3 is 0 Å². The van der Waals surface area contributed by atoms with Crippen LogP contribution in [0.5, 0.6) is 23.0 Å². The lowest BCUT2D eigenvalue weighted by atomic mass is 10.2. The highest BCUT2D eigenvalue weighted by Crippen LogP contribution is 2.48. The fourth-order valence-corrected chi connectivity index (χ4v) is 10.0. The average Bonchev–Trinajstić information content (AvgIpc) is 4.20. The summed E-state index contributed by atoms with van der Waals surface area (Å²) in [7, 11) is 2.06. The van der Waals surface area contributed by atoms with Crippen LogP contribution in [-0.4, -0.2) is 50.7 Å². The molecule has 0 N–H and O–H groups in total. The molecule has 4 aliphatic rings. The molecule has 0 aliphatic carbocycles. The number of ether oxygens (including phenoxy) is 2. The van der Waals surface area contributed by atoms with Gasteiger partial charge in [-0.25, -0.2) is 9.97 Å². The van der Waals surface area contributed by atoms with Gasteiger partial charge in [0.2, 0.25) is 0 Å². The number of anilines is 14. The molecule has 0 amide bonds. The quantitative estimate of drug-likeness (QED) is 0.131. The van der Waals surface area contributed by atoms with Gasteiger partial charge in [0.15, 0.2) is 11.6 Å². The second-order valence-corrected chi connectivity index (χ2v) is 17.6. The predicted molar refractivity (Wildman–Crippen MR) is 283 cm³/mol. The number of fused-ring (bicyclic) bond motifs is 4. The van der Waals surface area contributed by atoms with Crippen molar-refractivity contribution in [3.05, 3.63) is 207 Å². The summed E-state index contributed by atoms with van der Waals surface area (Å²) in [4.78, 5) is 26.0. The zero-order valence-corrected chi connectivity index (χ0v) is 38.2. The number of aromatic nitrogens is 2.